The van der Waals surface area contributed by atoms with Gasteiger partial charge in [-0.1, -0.05) is 12.1 Å². The molecule has 1 fully saturated rings. The van der Waals surface area contributed by atoms with Crippen LogP contribution in [0.2, 0.25) is 0 Å². The number of aliphatic hydroxyl groups is 1. The van der Waals surface area contributed by atoms with Crippen LogP contribution in [0.1, 0.15) is 17.3 Å². The predicted octanol–water partition coefficient (Wildman–Crippen LogP) is 0.433. The van der Waals surface area contributed by atoms with E-state index in [4.69, 9.17) is 4.74 Å². The van der Waals surface area contributed by atoms with E-state index in [0.717, 1.165) is 0 Å². The highest BCUT2D eigenvalue weighted by Crippen LogP contribution is 2.22. The summed E-state index contributed by atoms with van der Waals surface area (Å²) in [6.07, 6.45) is -0.977. The topological polar surface area (TPSA) is 92.7 Å². The van der Waals surface area contributed by atoms with E-state index in [0.29, 0.717) is 11.3 Å². The first-order valence-electron chi connectivity index (χ1n) is 6.34. The number of hydrogen-bond donors (Lipinski definition) is 2. The summed E-state index contributed by atoms with van der Waals surface area (Å²) in [6.45, 7) is 1.97. The van der Waals surface area contributed by atoms with Crippen LogP contribution in [-0.2, 0) is 14.6 Å². The Morgan fingerprint density at radius 1 is 1.40 bits per heavy atom. The summed E-state index contributed by atoms with van der Waals surface area (Å²) in [4.78, 5) is 11.8. The molecule has 1 aliphatic heterocycles. The molecule has 20 heavy (non-hydrogen) atoms. The average molecular weight is 299 g/mol. The highest BCUT2D eigenvalue weighted by Gasteiger charge is 2.36. The van der Waals surface area contributed by atoms with Gasteiger partial charge in [0.2, 0.25) is 0 Å². The number of para-hydroxylation sites is 1. The van der Waals surface area contributed by atoms with E-state index in [-0.39, 0.29) is 18.1 Å². The summed E-state index contributed by atoms with van der Waals surface area (Å²) >= 11 is 0. The molecule has 0 bridgehead atoms. The van der Waals surface area contributed by atoms with Gasteiger partial charge in [0.1, 0.15) is 0 Å². The lowest BCUT2D eigenvalue weighted by atomic mass is 10.1. The quantitative estimate of drug-likeness (QED) is 0.783. The van der Waals surface area contributed by atoms with Gasteiger partial charge in [0.25, 0.3) is 0 Å². The molecule has 1 aromatic rings. The first-order chi connectivity index (χ1) is 9.43. The minimum atomic E-state index is -3.24. The maximum absolute atomic E-state index is 11.8. The molecule has 2 atom stereocenters. The number of hydrogen-bond acceptors (Lipinski definition) is 6. The summed E-state index contributed by atoms with van der Waals surface area (Å²) in [5.41, 5.74) is 0.790. The maximum Gasteiger partial charge on any atom is 0.340 e. The Balaban J connectivity index is 2.20. The summed E-state index contributed by atoms with van der Waals surface area (Å²) in [5.74, 6) is -0.886. The van der Waals surface area contributed by atoms with Gasteiger partial charge in [-0.25, -0.2) is 13.2 Å². The van der Waals surface area contributed by atoms with Crippen molar-refractivity contribution in [2.24, 2.45) is 0 Å². The SMILES string of the molecule is CCOC(=O)c1ccccc1NC1CS(=O)(=O)CC1O. The Hall–Kier alpha value is -1.60. The van der Waals surface area contributed by atoms with E-state index in [2.05, 4.69) is 5.32 Å². The van der Waals surface area contributed by atoms with E-state index in [1.807, 2.05) is 0 Å². The monoisotopic (exact) mass is 299 g/mol. The van der Waals surface area contributed by atoms with E-state index in [1.54, 1.807) is 31.2 Å². The van der Waals surface area contributed by atoms with Crippen molar-refractivity contribution >= 4 is 21.5 Å². The van der Waals surface area contributed by atoms with Crippen LogP contribution in [0.5, 0.6) is 0 Å². The molecule has 2 N–H and O–H groups in total. The van der Waals surface area contributed by atoms with Crippen molar-refractivity contribution in [2.45, 2.75) is 19.1 Å². The molecule has 1 saturated heterocycles. The zero-order valence-electron chi connectivity index (χ0n) is 11.1. The second kappa shape index (κ2) is 5.80. The Morgan fingerprint density at radius 2 is 2.10 bits per heavy atom. The van der Waals surface area contributed by atoms with Crippen LogP contribution < -0.4 is 5.32 Å². The largest absolute Gasteiger partial charge is 0.462 e. The molecule has 0 spiro atoms. The number of rotatable bonds is 4. The first kappa shape index (κ1) is 14.8. The Morgan fingerprint density at radius 3 is 2.70 bits per heavy atom. The molecule has 1 heterocycles. The second-order valence-electron chi connectivity index (χ2n) is 4.66. The van der Waals surface area contributed by atoms with E-state index < -0.39 is 28.0 Å². The van der Waals surface area contributed by atoms with Crippen LogP contribution >= 0.6 is 0 Å². The lowest BCUT2D eigenvalue weighted by Gasteiger charge is -2.18. The van der Waals surface area contributed by atoms with Crippen molar-refractivity contribution in [3.63, 3.8) is 0 Å². The van der Waals surface area contributed by atoms with Crippen LogP contribution in [0, 0.1) is 0 Å². The summed E-state index contributed by atoms with van der Waals surface area (Å²) in [6, 6.07) is 6.05. The molecule has 1 aromatic carbocycles. The molecular formula is C13H17NO5S. The van der Waals surface area contributed by atoms with Crippen LogP contribution in [-0.4, -0.2) is 49.8 Å². The summed E-state index contributed by atoms with van der Waals surface area (Å²) in [5, 5.41) is 12.7. The molecule has 0 saturated carbocycles. The molecular weight excluding hydrogens is 282 g/mol. The molecule has 2 rings (SSSR count). The van der Waals surface area contributed by atoms with Crippen LogP contribution in [0.3, 0.4) is 0 Å². The fourth-order valence-corrected chi connectivity index (χ4v) is 3.90. The number of carbonyl (C=O) groups excluding carboxylic acids is 1. The number of sulfone groups is 1. The maximum atomic E-state index is 11.8. The second-order valence-corrected chi connectivity index (χ2v) is 6.81. The number of esters is 1. The lowest BCUT2D eigenvalue weighted by molar-refractivity contribution is 0.0527. The zero-order chi connectivity index (χ0) is 14.8. The number of ether oxygens (including phenoxy) is 1. The fraction of sp³-hybridized carbons (Fsp3) is 0.462. The molecule has 2 unspecified atom stereocenters. The fourth-order valence-electron chi connectivity index (χ4n) is 2.16. The number of carbonyl (C=O) groups is 1. The normalized spacial score (nSPS) is 24.3. The summed E-state index contributed by atoms with van der Waals surface area (Å²) < 4.78 is 27.9. The number of aliphatic hydroxyl groups excluding tert-OH is 1. The predicted molar refractivity (Wildman–Crippen MR) is 74.5 cm³/mol. The highest BCUT2D eigenvalue weighted by molar-refractivity contribution is 7.91. The smallest absolute Gasteiger partial charge is 0.340 e. The third-order valence-electron chi connectivity index (χ3n) is 3.09. The van der Waals surface area contributed by atoms with Gasteiger partial charge in [-0.2, -0.15) is 0 Å². The Kier molecular flexibility index (Phi) is 4.29. The van der Waals surface area contributed by atoms with Gasteiger partial charge < -0.3 is 15.2 Å². The Bertz CT molecular complexity index is 599. The molecule has 0 aromatic heterocycles. The number of nitrogens with one attached hydrogen (secondary N) is 1. The van der Waals surface area contributed by atoms with Crippen LogP contribution in [0.15, 0.2) is 24.3 Å². The molecule has 1 aliphatic rings. The van der Waals surface area contributed by atoms with Gasteiger partial charge in [0, 0.05) is 5.69 Å². The standard InChI is InChI=1S/C13H17NO5S/c1-2-19-13(16)9-5-3-4-6-10(9)14-11-7-20(17,18)8-12(11)15/h3-6,11-12,14-15H,2,7-8H2,1H3. The number of anilines is 1. The minimum Gasteiger partial charge on any atom is -0.462 e. The van der Waals surface area contributed by atoms with Gasteiger partial charge in [-0.3, -0.25) is 0 Å². The van der Waals surface area contributed by atoms with Gasteiger partial charge >= 0.3 is 5.97 Å². The van der Waals surface area contributed by atoms with Gasteiger partial charge in [0.15, 0.2) is 9.84 Å². The molecule has 6 nitrogen and oxygen atoms in total. The van der Waals surface area contributed by atoms with E-state index in [9.17, 15) is 18.3 Å². The van der Waals surface area contributed by atoms with Crippen molar-refractivity contribution < 1.29 is 23.1 Å². The summed E-state index contributed by atoms with van der Waals surface area (Å²) in [7, 11) is -3.24. The average Bonchev–Trinajstić information content (AvgIpc) is 2.63. The third-order valence-corrected chi connectivity index (χ3v) is 4.80. The van der Waals surface area contributed by atoms with Gasteiger partial charge in [-0.15, -0.1) is 0 Å². The molecule has 110 valence electrons. The minimum absolute atomic E-state index is 0.147. The zero-order valence-corrected chi connectivity index (χ0v) is 11.9. The third kappa shape index (κ3) is 3.29. The van der Waals surface area contributed by atoms with Crippen LogP contribution in [0.25, 0.3) is 0 Å². The molecule has 7 heteroatoms. The van der Waals surface area contributed by atoms with Crippen molar-refractivity contribution in [3.8, 4) is 0 Å². The molecule has 0 aliphatic carbocycles. The van der Waals surface area contributed by atoms with E-state index in [1.165, 1.54) is 0 Å². The molecule has 0 radical (unpaired) electrons. The van der Waals surface area contributed by atoms with Crippen molar-refractivity contribution in [1.82, 2.24) is 0 Å². The molecule has 0 amide bonds. The number of benzene rings is 1. The van der Waals surface area contributed by atoms with Gasteiger partial charge in [0.05, 0.1) is 35.8 Å². The lowest BCUT2D eigenvalue weighted by Crippen LogP contribution is -2.32. The van der Waals surface area contributed by atoms with Crippen molar-refractivity contribution in [2.75, 3.05) is 23.4 Å². The van der Waals surface area contributed by atoms with Crippen molar-refractivity contribution in [3.05, 3.63) is 29.8 Å². The van der Waals surface area contributed by atoms with Crippen LogP contribution in [0.4, 0.5) is 5.69 Å². The Labute approximate surface area is 117 Å². The van der Waals surface area contributed by atoms with Crippen molar-refractivity contribution in [1.29, 1.82) is 0 Å². The van der Waals surface area contributed by atoms with E-state index >= 15 is 0 Å². The highest BCUT2D eigenvalue weighted by atomic mass is 32.2. The van der Waals surface area contributed by atoms with Gasteiger partial charge in [-0.05, 0) is 19.1 Å². The first-order valence-corrected chi connectivity index (χ1v) is 8.16.